The summed E-state index contributed by atoms with van der Waals surface area (Å²) in [6.07, 6.45) is 1.04. The van der Waals surface area contributed by atoms with Crippen molar-refractivity contribution in [1.29, 1.82) is 0 Å². The van der Waals surface area contributed by atoms with E-state index in [9.17, 15) is 14.4 Å². The Kier molecular flexibility index (Phi) is 6.29. The number of amides is 1. The van der Waals surface area contributed by atoms with E-state index in [4.69, 9.17) is 0 Å². The summed E-state index contributed by atoms with van der Waals surface area (Å²) in [7, 11) is 3.05. The zero-order valence-corrected chi connectivity index (χ0v) is 19.9. The molecule has 33 heavy (non-hydrogen) atoms. The number of carbonyl (C=O) groups excluding carboxylic acids is 1. The minimum Gasteiger partial charge on any atom is -0.302 e. The maximum Gasteiger partial charge on any atom is 0.330 e. The Morgan fingerprint density at radius 1 is 1.06 bits per heavy atom. The molecule has 2 heterocycles. The summed E-state index contributed by atoms with van der Waals surface area (Å²) >= 11 is 1.36. The van der Waals surface area contributed by atoms with Crippen LogP contribution in [0, 0.1) is 5.92 Å². The normalized spacial score (nSPS) is 11.3. The van der Waals surface area contributed by atoms with Crippen molar-refractivity contribution in [3.63, 3.8) is 0 Å². The van der Waals surface area contributed by atoms with Crippen LogP contribution in [0.2, 0.25) is 0 Å². The van der Waals surface area contributed by atoms with Gasteiger partial charge in [0.1, 0.15) is 0 Å². The Morgan fingerprint density at radius 3 is 2.48 bits per heavy atom. The summed E-state index contributed by atoms with van der Waals surface area (Å²) in [6.45, 7) is 4.39. The van der Waals surface area contributed by atoms with Crippen molar-refractivity contribution in [3.05, 3.63) is 79.8 Å². The van der Waals surface area contributed by atoms with E-state index >= 15 is 0 Å². The topological polar surface area (TPSA) is 86.0 Å². The van der Waals surface area contributed by atoms with Gasteiger partial charge in [-0.05, 0) is 29.5 Å². The number of hydrogen-bond acceptors (Lipinski definition) is 5. The summed E-state index contributed by atoms with van der Waals surface area (Å²) < 4.78 is 2.47. The van der Waals surface area contributed by atoms with Crippen LogP contribution in [0.3, 0.4) is 0 Å². The first kappa shape index (κ1) is 22.7. The van der Waals surface area contributed by atoms with Gasteiger partial charge in [-0.1, -0.05) is 50.2 Å². The van der Waals surface area contributed by atoms with E-state index in [0.29, 0.717) is 27.5 Å². The third kappa shape index (κ3) is 4.66. The number of nitrogens with zero attached hydrogens (tertiary/aromatic N) is 3. The second-order valence-electron chi connectivity index (χ2n) is 8.57. The molecule has 0 bridgehead atoms. The third-order valence-corrected chi connectivity index (χ3v) is 6.34. The fraction of sp³-hybridized carbons (Fsp3) is 0.280. The van der Waals surface area contributed by atoms with Crippen LogP contribution >= 0.6 is 11.3 Å². The number of rotatable bonds is 6. The first-order chi connectivity index (χ1) is 15.7. The van der Waals surface area contributed by atoms with Crippen LogP contribution in [0.25, 0.3) is 22.2 Å². The lowest BCUT2D eigenvalue weighted by Gasteiger charge is -2.11. The Hall–Kier alpha value is -3.52. The monoisotopic (exact) mass is 462 g/mol. The maximum absolute atomic E-state index is 12.7. The molecule has 0 fully saturated rings. The minimum absolute atomic E-state index is 0.00357. The molecule has 0 aliphatic rings. The van der Waals surface area contributed by atoms with Gasteiger partial charge in [-0.3, -0.25) is 18.7 Å². The molecule has 0 spiro atoms. The molecule has 0 saturated carbocycles. The van der Waals surface area contributed by atoms with Crippen molar-refractivity contribution in [3.8, 4) is 11.3 Å². The Balaban J connectivity index is 1.53. The molecule has 0 saturated heterocycles. The number of thiazole rings is 1. The molecule has 8 heteroatoms. The smallest absolute Gasteiger partial charge is 0.302 e. The van der Waals surface area contributed by atoms with Gasteiger partial charge in [0.15, 0.2) is 5.13 Å². The highest BCUT2D eigenvalue weighted by Crippen LogP contribution is 2.26. The van der Waals surface area contributed by atoms with Crippen LogP contribution in [0.4, 0.5) is 5.13 Å². The van der Waals surface area contributed by atoms with Gasteiger partial charge in [0.25, 0.3) is 5.56 Å². The van der Waals surface area contributed by atoms with Gasteiger partial charge in [0.05, 0.1) is 23.0 Å². The molecule has 0 unspecified atom stereocenters. The second kappa shape index (κ2) is 9.15. The van der Waals surface area contributed by atoms with E-state index in [1.807, 2.05) is 5.38 Å². The standard InChI is InChI=1S/C25H26N4O3S/c1-15(2)12-16-8-10-17(11-9-16)19-14-33-24(26-19)27-21(30)13-18-6-5-7-20-22(18)23(31)29(4)25(32)28(20)3/h5-11,14-15H,12-13H2,1-4H3,(H,26,27,30). The van der Waals surface area contributed by atoms with Gasteiger partial charge >= 0.3 is 5.69 Å². The van der Waals surface area contributed by atoms with Crippen LogP contribution in [0.5, 0.6) is 0 Å². The average Bonchev–Trinajstić information content (AvgIpc) is 3.24. The van der Waals surface area contributed by atoms with E-state index < -0.39 is 11.2 Å². The number of fused-ring (bicyclic) bond motifs is 1. The van der Waals surface area contributed by atoms with E-state index in [1.54, 1.807) is 25.2 Å². The predicted octanol–water partition coefficient (Wildman–Crippen LogP) is 3.74. The van der Waals surface area contributed by atoms with Crippen molar-refractivity contribution in [2.24, 2.45) is 20.0 Å². The number of carbonyl (C=O) groups is 1. The fourth-order valence-electron chi connectivity index (χ4n) is 3.93. The van der Waals surface area contributed by atoms with Gasteiger partial charge in [0, 0.05) is 25.0 Å². The molecule has 2 aromatic heterocycles. The van der Waals surface area contributed by atoms with Gasteiger partial charge in [-0.25, -0.2) is 9.78 Å². The lowest BCUT2D eigenvalue weighted by Crippen LogP contribution is -2.37. The summed E-state index contributed by atoms with van der Waals surface area (Å²) in [5.41, 5.74) is 3.36. The first-order valence-corrected chi connectivity index (χ1v) is 11.6. The summed E-state index contributed by atoms with van der Waals surface area (Å²) in [5, 5.41) is 5.62. The zero-order chi connectivity index (χ0) is 23.7. The predicted molar refractivity (Wildman–Crippen MR) is 133 cm³/mol. The molecule has 4 aromatic rings. The molecule has 0 aliphatic heterocycles. The van der Waals surface area contributed by atoms with E-state index in [0.717, 1.165) is 22.2 Å². The number of aromatic nitrogens is 3. The molecule has 0 aliphatic carbocycles. The average molecular weight is 463 g/mol. The van der Waals surface area contributed by atoms with E-state index in [1.165, 1.54) is 28.5 Å². The lowest BCUT2D eigenvalue weighted by molar-refractivity contribution is -0.115. The number of benzene rings is 2. The molecule has 0 radical (unpaired) electrons. The number of nitrogens with one attached hydrogen (secondary N) is 1. The van der Waals surface area contributed by atoms with Crippen LogP contribution in [0.1, 0.15) is 25.0 Å². The van der Waals surface area contributed by atoms with Crippen LogP contribution in [0.15, 0.2) is 57.4 Å². The number of aryl methyl sites for hydroxylation is 1. The first-order valence-electron chi connectivity index (χ1n) is 10.8. The van der Waals surface area contributed by atoms with Crippen molar-refractivity contribution < 1.29 is 4.79 Å². The summed E-state index contributed by atoms with van der Waals surface area (Å²) in [5.74, 6) is 0.329. The highest BCUT2D eigenvalue weighted by atomic mass is 32.1. The molecular weight excluding hydrogens is 436 g/mol. The van der Waals surface area contributed by atoms with Crippen LogP contribution in [-0.4, -0.2) is 20.0 Å². The fourth-order valence-corrected chi connectivity index (χ4v) is 4.66. The van der Waals surface area contributed by atoms with Gasteiger partial charge < -0.3 is 5.32 Å². The Labute approximate surface area is 195 Å². The van der Waals surface area contributed by atoms with E-state index in [-0.39, 0.29) is 12.3 Å². The molecule has 2 aromatic carbocycles. The molecular formula is C25H26N4O3S. The van der Waals surface area contributed by atoms with Crippen molar-refractivity contribution in [2.75, 3.05) is 5.32 Å². The highest BCUT2D eigenvalue weighted by Gasteiger charge is 2.15. The van der Waals surface area contributed by atoms with Crippen LogP contribution < -0.4 is 16.6 Å². The minimum atomic E-state index is -0.408. The van der Waals surface area contributed by atoms with E-state index in [2.05, 4.69) is 48.4 Å². The van der Waals surface area contributed by atoms with Gasteiger partial charge in [-0.15, -0.1) is 11.3 Å². The number of hydrogen-bond donors (Lipinski definition) is 1. The largest absolute Gasteiger partial charge is 0.330 e. The molecule has 0 atom stereocenters. The molecule has 1 amide bonds. The number of anilines is 1. The van der Waals surface area contributed by atoms with Crippen molar-refractivity contribution in [1.82, 2.24) is 14.1 Å². The second-order valence-corrected chi connectivity index (χ2v) is 9.43. The summed E-state index contributed by atoms with van der Waals surface area (Å²) in [4.78, 5) is 42.2. The Morgan fingerprint density at radius 2 is 1.79 bits per heavy atom. The SMILES string of the molecule is CC(C)Cc1ccc(-c2csc(NC(=O)Cc3cccc4c3c(=O)n(C)c(=O)n4C)n2)cc1. The lowest BCUT2D eigenvalue weighted by atomic mass is 10.0. The highest BCUT2D eigenvalue weighted by molar-refractivity contribution is 7.14. The quantitative estimate of drug-likeness (QED) is 0.473. The summed E-state index contributed by atoms with van der Waals surface area (Å²) in [6, 6.07) is 13.5. The Bertz CT molecular complexity index is 1450. The zero-order valence-electron chi connectivity index (χ0n) is 19.1. The maximum atomic E-state index is 12.7. The molecule has 1 N–H and O–H groups in total. The third-order valence-electron chi connectivity index (χ3n) is 5.58. The van der Waals surface area contributed by atoms with Gasteiger partial charge in [-0.2, -0.15) is 0 Å². The van der Waals surface area contributed by atoms with Crippen molar-refractivity contribution >= 4 is 33.3 Å². The van der Waals surface area contributed by atoms with Crippen molar-refractivity contribution in [2.45, 2.75) is 26.7 Å². The molecule has 4 rings (SSSR count). The van der Waals surface area contributed by atoms with Gasteiger partial charge in [0.2, 0.25) is 5.91 Å². The molecule has 7 nitrogen and oxygen atoms in total. The van der Waals surface area contributed by atoms with Crippen LogP contribution in [-0.2, 0) is 31.7 Å². The molecule has 170 valence electrons.